The number of rotatable bonds is 2. The van der Waals surface area contributed by atoms with Gasteiger partial charge in [-0.25, -0.2) is 0 Å². The van der Waals surface area contributed by atoms with E-state index in [1.807, 2.05) is 0 Å². The second-order valence-corrected chi connectivity index (χ2v) is 8.25. The smallest absolute Gasteiger partial charge is 0.169 e. The molecular formula is C26H16BrN3. The summed E-state index contributed by atoms with van der Waals surface area (Å²) >= 11 is 3.50. The van der Waals surface area contributed by atoms with E-state index in [1.165, 1.54) is 21.9 Å². The average molecular weight is 450 g/mol. The van der Waals surface area contributed by atoms with E-state index in [0.717, 1.165) is 32.4 Å². The molecule has 0 bridgehead atoms. The van der Waals surface area contributed by atoms with Crippen molar-refractivity contribution in [1.29, 1.82) is 0 Å². The summed E-state index contributed by atoms with van der Waals surface area (Å²) in [7, 11) is 0. The lowest BCUT2D eigenvalue weighted by Gasteiger charge is -2.10. The number of halogens is 1. The van der Waals surface area contributed by atoms with E-state index in [2.05, 4.69) is 128 Å². The van der Waals surface area contributed by atoms with Gasteiger partial charge in [0, 0.05) is 20.8 Å². The number of nitrogens with zero attached hydrogens (tertiary/aromatic N) is 3. The van der Waals surface area contributed by atoms with Gasteiger partial charge in [-0.2, -0.15) is 0 Å². The van der Waals surface area contributed by atoms with Gasteiger partial charge in [0.25, 0.3) is 0 Å². The first-order valence-corrected chi connectivity index (χ1v) is 10.6. The summed E-state index contributed by atoms with van der Waals surface area (Å²) in [6.45, 7) is 0. The minimum atomic E-state index is 0.856. The molecule has 0 unspecified atom stereocenters. The van der Waals surface area contributed by atoms with E-state index in [0.29, 0.717) is 0 Å². The molecule has 6 aromatic rings. The van der Waals surface area contributed by atoms with Crippen molar-refractivity contribution < 1.29 is 0 Å². The number of aromatic nitrogens is 3. The van der Waals surface area contributed by atoms with Crippen molar-refractivity contribution >= 4 is 43.3 Å². The molecular weight excluding hydrogens is 434 g/mol. The number of hydrogen-bond donors (Lipinski definition) is 0. The number of pyridine rings is 1. The van der Waals surface area contributed by atoms with Gasteiger partial charge in [-0.15, -0.1) is 10.2 Å². The molecule has 0 amide bonds. The lowest BCUT2D eigenvalue weighted by Crippen LogP contribution is -1.94. The topological polar surface area (TPSA) is 30.2 Å². The second-order valence-electron chi connectivity index (χ2n) is 7.33. The summed E-state index contributed by atoms with van der Waals surface area (Å²) in [6.07, 6.45) is 0. The van der Waals surface area contributed by atoms with Gasteiger partial charge in [-0.05, 0) is 34.7 Å². The molecule has 0 fully saturated rings. The van der Waals surface area contributed by atoms with Crippen LogP contribution in [0.3, 0.4) is 0 Å². The van der Waals surface area contributed by atoms with E-state index >= 15 is 0 Å². The molecule has 6 rings (SSSR count). The van der Waals surface area contributed by atoms with Crippen molar-refractivity contribution in [3.8, 4) is 22.5 Å². The molecule has 0 aliphatic rings. The SMILES string of the molecule is Brc1ccc(-c2ccc(-c3nnc4c5ccccc5c5ccccc5n34)cc2)cc1. The van der Waals surface area contributed by atoms with Gasteiger partial charge in [-0.3, -0.25) is 4.40 Å². The molecule has 0 radical (unpaired) electrons. The lowest BCUT2D eigenvalue weighted by atomic mass is 10.0. The number of para-hydroxylation sites is 1. The van der Waals surface area contributed by atoms with E-state index < -0.39 is 0 Å². The van der Waals surface area contributed by atoms with Crippen molar-refractivity contribution in [2.75, 3.05) is 0 Å². The maximum atomic E-state index is 4.59. The van der Waals surface area contributed by atoms with Crippen molar-refractivity contribution in [2.45, 2.75) is 0 Å². The Kier molecular flexibility index (Phi) is 3.93. The van der Waals surface area contributed by atoms with Crippen LogP contribution in [0.4, 0.5) is 0 Å². The molecule has 30 heavy (non-hydrogen) atoms. The maximum Gasteiger partial charge on any atom is 0.169 e. The summed E-state index contributed by atoms with van der Waals surface area (Å²) in [6, 6.07) is 33.7. The number of fused-ring (bicyclic) bond motifs is 6. The van der Waals surface area contributed by atoms with Crippen LogP contribution in [0.15, 0.2) is 102 Å². The van der Waals surface area contributed by atoms with E-state index in [-0.39, 0.29) is 0 Å². The fourth-order valence-electron chi connectivity index (χ4n) is 4.14. The van der Waals surface area contributed by atoms with Crippen LogP contribution in [-0.4, -0.2) is 14.6 Å². The van der Waals surface area contributed by atoms with Crippen LogP contribution in [0.2, 0.25) is 0 Å². The first kappa shape index (κ1) is 17.4. The van der Waals surface area contributed by atoms with Gasteiger partial charge in [0.05, 0.1) is 5.52 Å². The van der Waals surface area contributed by atoms with Gasteiger partial charge in [-0.1, -0.05) is 94.8 Å². The standard InChI is InChI=1S/C26H16BrN3/c27-20-15-13-18(14-16-20)17-9-11-19(12-10-17)25-28-29-26-23-7-2-1-5-21(23)22-6-3-4-8-24(22)30(25)26/h1-16H. The molecule has 0 atom stereocenters. The quantitative estimate of drug-likeness (QED) is 0.263. The minimum absolute atomic E-state index is 0.856. The molecule has 4 heteroatoms. The van der Waals surface area contributed by atoms with Gasteiger partial charge >= 0.3 is 0 Å². The zero-order valence-corrected chi connectivity index (χ0v) is 17.5. The summed E-state index contributed by atoms with van der Waals surface area (Å²) in [4.78, 5) is 0. The minimum Gasteiger partial charge on any atom is -0.274 e. The third-order valence-corrected chi connectivity index (χ3v) is 6.12. The third-order valence-electron chi connectivity index (χ3n) is 5.59. The Morgan fingerprint density at radius 1 is 0.533 bits per heavy atom. The van der Waals surface area contributed by atoms with Crippen LogP contribution in [0.1, 0.15) is 0 Å². The van der Waals surface area contributed by atoms with Crippen molar-refractivity contribution in [3.63, 3.8) is 0 Å². The molecule has 0 aliphatic heterocycles. The van der Waals surface area contributed by atoms with Gasteiger partial charge in [0.1, 0.15) is 0 Å². The van der Waals surface area contributed by atoms with E-state index in [9.17, 15) is 0 Å². The van der Waals surface area contributed by atoms with Crippen molar-refractivity contribution in [1.82, 2.24) is 14.6 Å². The molecule has 4 aromatic carbocycles. The molecule has 142 valence electrons. The van der Waals surface area contributed by atoms with Crippen LogP contribution in [0, 0.1) is 0 Å². The van der Waals surface area contributed by atoms with Crippen molar-refractivity contribution in [2.24, 2.45) is 0 Å². The highest BCUT2D eigenvalue weighted by Crippen LogP contribution is 2.32. The normalized spacial score (nSPS) is 11.5. The predicted octanol–water partition coefficient (Wildman–Crippen LogP) is 7.13. The highest BCUT2D eigenvalue weighted by Gasteiger charge is 2.15. The largest absolute Gasteiger partial charge is 0.274 e. The Morgan fingerprint density at radius 2 is 1.10 bits per heavy atom. The molecule has 0 saturated carbocycles. The fourth-order valence-corrected chi connectivity index (χ4v) is 4.40. The second kappa shape index (κ2) is 6.78. The summed E-state index contributed by atoms with van der Waals surface area (Å²) < 4.78 is 3.25. The molecule has 0 spiro atoms. The summed E-state index contributed by atoms with van der Waals surface area (Å²) in [5, 5.41) is 12.7. The zero-order chi connectivity index (χ0) is 20.1. The lowest BCUT2D eigenvalue weighted by molar-refractivity contribution is 1.12. The first-order chi connectivity index (χ1) is 14.8. The fraction of sp³-hybridized carbons (Fsp3) is 0. The maximum absolute atomic E-state index is 4.59. The van der Waals surface area contributed by atoms with Gasteiger partial charge in [0.15, 0.2) is 11.5 Å². The van der Waals surface area contributed by atoms with Gasteiger partial charge in [0.2, 0.25) is 0 Å². The Bertz CT molecular complexity index is 1530. The van der Waals surface area contributed by atoms with Crippen LogP contribution in [0.25, 0.3) is 49.8 Å². The molecule has 2 aromatic heterocycles. The van der Waals surface area contributed by atoms with Crippen LogP contribution in [0.5, 0.6) is 0 Å². The van der Waals surface area contributed by atoms with E-state index in [4.69, 9.17) is 0 Å². The summed E-state index contributed by atoms with van der Waals surface area (Å²) in [5.41, 5.74) is 5.41. The average Bonchev–Trinajstić information content (AvgIpc) is 3.26. The number of benzene rings is 4. The highest BCUT2D eigenvalue weighted by molar-refractivity contribution is 9.10. The Labute approximate surface area is 181 Å². The first-order valence-electron chi connectivity index (χ1n) is 9.80. The Morgan fingerprint density at radius 3 is 1.83 bits per heavy atom. The summed E-state index contributed by atoms with van der Waals surface area (Å²) in [5.74, 6) is 0.856. The Hall–Kier alpha value is -3.50. The van der Waals surface area contributed by atoms with Crippen LogP contribution >= 0.6 is 15.9 Å². The molecule has 3 nitrogen and oxygen atoms in total. The van der Waals surface area contributed by atoms with Crippen LogP contribution in [-0.2, 0) is 0 Å². The van der Waals surface area contributed by atoms with Crippen LogP contribution < -0.4 is 0 Å². The van der Waals surface area contributed by atoms with Crippen molar-refractivity contribution in [3.05, 3.63) is 102 Å². The predicted molar refractivity (Wildman–Crippen MR) is 127 cm³/mol. The zero-order valence-electron chi connectivity index (χ0n) is 16.0. The monoisotopic (exact) mass is 449 g/mol. The van der Waals surface area contributed by atoms with E-state index in [1.54, 1.807) is 0 Å². The molecule has 2 heterocycles. The van der Waals surface area contributed by atoms with Gasteiger partial charge < -0.3 is 0 Å². The Balaban J connectivity index is 1.58. The number of hydrogen-bond acceptors (Lipinski definition) is 2. The highest BCUT2D eigenvalue weighted by atomic mass is 79.9. The molecule has 0 N–H and O–H groups in total. The molecule has 0 saturated heterocycles. The third kappa shape index (κ3) is 2.65. The molecule has 0 aliphatic carbocycles.